The van der Waals surface area contributed by atoms with Crippen LogP contribution in [-0.2, 0) is 4.74 Å². The van der Waals surface area contributed by atoms with Gasteiger partial charge in [-0.15, -0.1) is 0 Å². The number of para-hydroxylation sites is 2. The van der Waals surface area contributed by atoms with Gasteiger partial charge in [-0.3, -0.25) is 4.90 Å². The lowest BCUT2D eigenvalue weighted by Crippen LogP contribution is -2.39. The first-order valence-electron chi connectivity index (χ1n) is 9.13. The molecule has 3 rings (SSSR count). The van der Waals surface area contributed by atoms with Crippen LogP contribution >= 0.6 is 0 Å². The average molecular weight is 357 g/mol. The molecule has 0 atom stereocenters. The molecule has 7 nitrogen and oxygen atoms in total. The Morgan fingerprint density at radius 2 is 2.00 bits per heavy atom. The Hall–Kier alpha value is -2.38. The lowest BCUT2D eigenvalue weighted by atomic mass is 10.3. The molecule has 0 amide bonds. The van der Waals surface area contributed by atoms with Crippen LogP contribution in [0.5, 0.6) is 5.75 Å². The quantitative estimate of drug-likeness (QED) is 0.752. The topological polar surface area (TPSA) is 71.5 Å². The van der Waals surface area contributed by atoms with E-state index >= 15 is 0 Å². The average Bonchev–Trinajstić information content (AvgIpc) is 2.64. The first-order valence-corrected chi connectivity index (χ1v) is 9.13. The van der Waals surface area contributed by atoms with E-state index in [4.69, 9.17) is 9.47 Å². The number of aromatic nitrogens is 2. The zero-order valence-corrected chi connectivity index (χ0v) is 15.5. The zero-order chi connectivity index (χ0) is 18.2. The molecule has 7 heteroatoms. The van der Waals surface area contributed by atoms with Gasteiger partial charge in [0.25, 0.3) is 0 Å². The summed E-state index contributed by atoms with van der Waals surface area (Å²) in [4.78, 5) is 11.5. The fraction of sp³-hybridized carbons (Fsp3) is 0.474. The summed E-state index contributed by atoms with van der Waals surface area (Å²) in [7, 11) is 0. The second kappa shape index (κ2) is 9.35. The van der Waals surface area contributed by atoms with E-state index < -0.39 is 0 Å². The highest BCUT2D eigenvalue weighted by molar-refractivity contribution is 5.63. The van der Waals surface area contributed by atoms with Crippen LogP contribution in [0.2, 0.25) is 0 Å². The maximum absolute atomic E-state index is 5.65. The standard InChI is InChI=1S/C19H27N5O2/c1-3-26-17-7-5-4-6-16(17)22-19-21-15(2)14-18(23-19)20-8-9-24-10-12-25-13-11-24/h4-7,14H,3,8-13H2,1-2H3,(H2,20,21,22,23). The maximum Gasteiger partial charge on any atom is 0.229 e. The minimum atomic E-state index is 0.561. The molecule has 1 saturated heterocycles. The van der Waals surface area contributed by atoms with Crippen LogP contribution in [0.3, 0.4) is 0 Å². The van der Waals surface area contributed by atoms with Crippen LogP contribution in [0.1, 0.15) is 12.6 Å². The molecule has 0 radical (unpaired) electrons. The van der Waals surface area contributed by atoms with Crippen molar-refractivity contribution >= 4 is 17.5 Å². The summed E-state index contributed by atoms with van der Waals surface area (Å²) < 4.78 is 11.0. The number of rotatable bonds is 8. The Balaban J connectivity index is 1.62. The van der Waals surface area contributed by atoms with Crippen molar-refractivity contribution in [1.29, 1.82) is 0 Å². The van der Waals surface area contributed by atoms with Crippen LogP contribution in [-0.4, -0.2) is 60.9 Å². The summed E-state index contributed by atoms with van der Waals surface area (Å²) in [5.74, 6) is 2.18. The summed E-state index contributed by atoms with van der Waals surface area (Å²) in [6.07, 6.45) is 0. The van der Waals surface area contributed by atoms with Gasteiger partial charge in [0.05, 0.1) is 25.5 Å². The zero-order valence-electron chi connectivity index (χ0n) is 15.5. The van der Waals surface area contributed by atoms with Gasteiger partial charge < -0.3 is 20.1 Å². The molecule has 2 heterocycles. The smallest absolute Gasteiger partial charge is 0.229 e. The van der Waals surface area contributed by atoms with Gasteiger partial charge in [0, 0.05) is 37.9 Å². The Morgan fingerprint density at radius 3 is 2.81 bits per heavy atom. The summed E-state index contributed by atoms with van der Waals surface area (Å²) in [5.41, 5.74) is 1.77. The number of ether oxygens (including phenoxy) is 2. The van der Waals surface area contributed by atoms with Crippen LogP contribution in [0, 0.1) is 6.92 Å². The summed E-state index contributed by atoms with van der Waals surface area (Å²) in [6.45, 7) is 9.98. The van der Waals surface area contributed by atoms with Crippen molar-refractivity contribution in [3.8, 4) is 5.75 Å². The number of nitrogens with zero attached hydrogens (tertiary/aromatic N) is 3. The lowest BCUT2D eigenvalue weighted by Gasteiger charge is -2.26. The maximum atomic E-state index is 5.65. The van der Waals surface area contributed by atoms with E-state index in [2.05, 4.69) is 25.5 Å². The third-order valence-corrected chi connectivity index (χ3v) is 4.13. The number of hydrogen-bond acceptors (Lipinski definition) is 7. The van der Waals surface area contributed by atoms with Gasteiger partial charge in [0.1, 0.15) is 11.6 Å². The van der Waals surface area contributed by atoms with Crippen molar-refractivity contribution < 1.29 is 9.47 Å². The lowest BCUT2D eigenvalue weighted by molar-refractivity contribution is 0.0398. The van der Waals surface area contributed by atoms with Crippen molar-refractivity contribution in [1.82, 2.24) is 14.9 Å². The second-order valence-electron chi connectivity index (χ2n) is 6.15. The fourth-order valence-electron chi connectivity index (χ4n) is 2.85. The molecule has 1 fully saturated rings. The minimum absolute atomic E-state index is 0.561. The predicted octanol–water partition coefficient (Wildman–Crippen LogP) is 2.67. The highest BCUT2D eigenvalue weighted by Crippen LogP contribution is 2.26. The predicted molar refractivity (Wildman–Crippen MR) is 103 cm³/mol. The van der Waals surface area contributed by atoms with Crippen LogP contribution in [0.4, 0.5) is 17.5 Å². The van der Waals surface area contributed by atoms with E-state index in [1.54, 1.807) is 0 Å². The van der Waals surface area contributed by atoms with E-state index in [0.29, 0.717) is 12.6 Å². The molecule has 0 saturated carbocycles. The highest BCUT2D eigenvalue weighted by Gasteiger charge is 2.10. The van der Waals surface area contributed by atoms with E-state index in [0.717, 1.165) is 62.3 Å². The van der Waals surface area contributed by atoms with Crippen molar-refractivity contribution in [2.75, 3.05) is 56.6 Å². The van der Waals surface area contributed by atoms with Crippen molar-refractivity contribution in [3.63, 3.8) is 0 Å². The van der Waals surface area contributed by atoms with Crippen LogP contribution in [0.25, 0.3) is 0 Å². The third-order valence-electron chi connectivity index (χ3n) is 4.13. The van der Waals surface area contributed by atoms with Gasteiger partial charge in [-0.2, -0.15) is 4.98 Å². The summed E-state index contributed by atoms with van der Waals surface area (Å²) in [6, 6.07) is 9.76. The normalized spacial score (nSPS) is 14.8. The minimum Gasteiger partial charge on any atom is -0.492 e. The number of anilines is 3. The van der Waals surface area contributed by atoms with Crippen molar-refractivity contribution in [2.45, 2.75) is 13.8 Å². The monoisotopic (exact) mass is 357 g/mol. The van der Waals surface area contributed by atoms with Crippen LogP contribution < -0.4 is 15.4 Å². The van der Waals surface area contributed by atoms with E-state index in [1.807, 2.05) is 44.2 Å². The molecule has 140 valence electrons. The van der Waals surface area contributed by atoms with Crippen LogP contribution in [0.15, 0.2) is 30.3 Å². The van der Waals surface area contributed by atoms with Gasteiger partial charge in [-0.25, -0.2) is 4.98 Å². The number of aryl methyl sites for hydroxylation is 1. The number of benzene rings is 1. The largest absolute Gasteiger partial charge is 0.492 e. The molecule has 1 aliphatic heterocycles. The molecule has 2 N–H and O–H groups in total. The SMILES string of the molecule is CCOc1ccccc1Nc1nc(C)cc(NCCN2CCOCC2)n1. The van der Waals surface area contributed by atoms with Gasteiger partial charge in [0.15, 0.2) is 0 Å². The third kappa shape index (κ3) is 5.31. The van der Waals surface area contributed by atoms with Crippen molar-refractivity contribution in [3.05, 3.63) is 36.0 Å². The van der Waals surface area contributed by atoms with E-state index in [9.17, 15) is 0 Å². The van der Waals surface area contributed by atoms with Crippen molar-refractivity contribution in [2.24, 2.45) is 0 Å². The Labute approximate surface area is 154 Å². The molecule has 0 spiro atoms. The molecule has 2 aromatic rings. The molecule has 0 aliphatic carbocycles. The fourth-order valence-corrected chi connectivity index (χ4v) is 2.85. The molecule has 1 aromatic carbocycles. The van der Waals surface area contributed by atoms with Gasteiger partial charge in [-0.1, -0.05) is 12.1 Å². The van der Waals surface area contributed by atoms with E-state index in [-0.39, 0.29) is 0 Å². The highest BCUT2D eigenvalue weighted by atomic mass is 16.5. The summed E-state index contributed by atoms with van der Waals surface area (Å²) >= 11 is 0. The molecular formula is C19H27N5O2. The molecule has 26 heavy (non-hydrogen) atoms. The molecule has 1 aliphatic rings. The number of morpholine rings is 1. The first kappa shape index (κ1) is 18.4. The molecule has 0 unspecified atom stereocenters. The molecular weight excluding hydrogens is 330 g/mol. The Kier molecular flexibility index (Phi) is 6.62. The number of nitrogens with one attached hydrogen (secondary N) is 2. The summed E-state index contributed by atoms with van der Waals surface area (Å²) in [5, 5.41) is 6.66. The Bertz CT molecular complexity index is 704. The van der Waals surface area contributed by atoms with Gasteiger partial charge >= 0.3 is 0 Å². The molecule has 1 aromatic heterocycles. The number of hydrogen-bond donors (Lipinski definition) is 2. The Morgan fingerprint density at radius 1 is 1.19 bits per heavy atom. The van der Waals surface area contributed by atoms with E-state index in [1.165, 1.54) is 0 Å². The van der Waals surface area contributed by atoms with Gasteiger partial charge in [0.2, 0.25) is 5.95 Å². The second-order valence-corrected chi connectivity index (χ2v) is 6.15. The van der Waals surface area contributed by atoms with Gasteiger partial charge in [-0.05, 0) is 26.0 Å². The molecule has 0 bridgehead atoms. The first-order chi connectivity index (χ1) is 12.7.